The van der Waals surface area contributed by atoms with Crippen LogP contribution in [-0.4, -0.2) is 37.1 Å². The lowest BCUT2D eigenvalue weighted by atomic mass is 10.1. The smallest absolute Gasteiger partial charge is 0.123 e. The molecule has 1 saturated heterocycles. The van der Waals surface area contributed by atoms with Gasteiger partial charge in [0.2, 0.25) is 0 Å². The van der Waals surface area contributed by atoms with Crippen LogP contribution in [0.15, 0.2) is 24.3 Å². The molecule has 17 heavy (non-hydrogen) atoms. The van der Waals surface area contributed by atoms with E-state index in [0.29, 0.717) is 6.04 Å². The van der Waals surface area contributed by atoms with E-state index >= 15 is 0 Å². The summed E-state index contributed by atoms with van der Waals surface area (Å²) in [6.45, 7) is 6.52. The van der Waals surface area contributed by atoms with Crippen LogP contribution in [0.4, 0.5) is 4.39 Å². The predicted molar refractivity (Wildman–Crippen MR) is 68.6 cm³/mol. The summed E-state index contributed by atoms with van der Waals surface area (Å²) in [6.07, 6.45) is 2.12. The van der Waals surface area contributed by atoms with Gasteiger partial charge in [0.05, 0.1) is 0 Å². The van der Waals surface area contributed by atoms with Gasteiger partial charge in [-0.1, -0.05) is 19.1 Å². The maximum atomic E-state index is 13.1. The van der Waals surface area contributed by atoms with Crippen molar-refractivity contribution < 1.29 is 4.39 Å². The molecule has 1 unspecified atom stereocenters. The molecular weight excluding hydrogens is 215 g/mol. The lowest BCUT2D eigenvalue weighted by Gasteiger charge is -2.35. The molecule has 1 fully saturated rings. The van der Waals surface area contributed by atoms with Gasteiger partial charge >= 0.3 is 0 Å². The summed E-state index contributed by atoms with van der Waals surface area (Å²) < 4.78 is 13.1. The molecule has 1 aliphatic rings. The average molecular weight is 236 g/mol. The fourth-order valence-corrected chi connectivity index (χ4v) is 2.47. The maximum absolute atomic E-state index is 13.1. The Balaban J connectivity index is 1.88. The third-order valence-corrected chi connectivity index (χ3v) is 3.52. The second-order valence-electron chi connectivity index (χ2n) is 4.68. The Morgan fingerprint density at radius 1 is 1.47 bits per heavy atom. The second kappa shape index (κ2) is 6.12. The summed E-state index contributed by atoms with van der Waals surface area (Å²) in [7, 11) is 0. The number of hydrogen-bond donors (Lipinski definition) is 1. The molecule has 94 valence electrons. The van der Waals surface area contributed by atoms with Crippen LogP contribution in [0.3, 0.4) is 0 Å². The summed E-state index contributed by atoms with van der Waals surface area (Å²) in [6, 6.07) is 7.58. The summed E-state index contributed by atoms with van der Waals surface area (Å²) in [4.78, 5) is 2.52. The number of hydrogen-bond acceptors (Lipinski definition) is 2. The Hall–Kier alpha value is -0.930. The highest BCUT2D eigenvalue weighted by atomic mass is 19.1. The molecule has 1 N–H and O–H groups in total. The molecule has 0 spiro atoms. The predicted octanol–water partition coefficient (Wildman–Crippen LogP) is 2.05. The van der Waals surface area contributed by atoms with Gasteiger partial charge in [-0.2, -0.15) is 0 Å². The molecule has 2 rings (SSSR count). The fraction of sp³-hybridized carbons (Fsp3) is 0.571. The number of nitrogens with zero attached hydrogens (tertiary/aromatic N) is 1. The number of rotatable bonds is 4. The molecule has 1 aliphatic heterocycles. The van der Waals surface area contributed by atoms with Crippen LogP contribution in [-0.2, 0) is 6.42 Å². The van der Waals surface area contributed by atoms with E-state index < -0.39 is 0 Å². The van der Waals surface area contributed by atoms with Crippen LogP contribution in [0, 0.1) is 5.82 Å². The van der Waals surface area contributed by atoms with Crippen molar-refractivity contribution in [3.63, 3.8) is 0 Å². The summed E-state index contributed by atoms with van der Waals surface area (Å²) in [5.74, 6) is -0.130. The number of nitrogens with one attached hydrogen (secondary N) is 1. The van der Waals surface area contributed by atoms with Crippen molar-refractivity contribution in [2.24, 2.45) is 0 Å². The minimum Gasteiger partial charge on any atom is -0.314 e. The first-order chi connectivity index (χ1) is 8.29. The molecule has 0 saturated carbocycles. The Morgan fingerprint density at radius 2 is 2.35 bits per heavy atom. The molecule has 1 aromatic carbocycles. The monoisotopic (exact) mass is 236 g/mol. The second-order valence-corrected chi connectivity index (χ2v) is 4.68. The van der Waals surface area contributed by atoms with Crippen LogP contribution in [0.25, 0.3) is 0 Å². The van der Waals surface area contributed by atoms with Crippen molar-refractivity contribution in [1.82, 2.24) is 10.2 Å². The van der Waals surface area contributed by atoms with Gasteiger partial charge in [0, 0.05) is 32.2 Å². The van der Waals surface area contributed by atoms with Crippen molar-refractivity contribution in [1.29, 1.82) is 0 Å². The molecule has 0 aromatic heterocycles. The van der Waals surface area contributed by atoms with Crippen molar-refractivity contribution >= 4 is 0 Å². The van der Waals surface area contributed by atoms with Gasteiger partial charge in [-0.15, -0.1) is 0 Å². The molecule has 0 aliphatic carbocycles. The SMILES string of the molecule is CCC1CNCCN1CCc1cccc(F)c1. The van der Waals surface area contributed by atoms with E-state index in [0.717, 1.165) is 38.2 Å². The van der Waals surface area contributed by atoms with Crippen LogP contribution >= 0.6 is 0 Å². The number of piperazine rings is 1. The maximum Gasteiger partial charge on any atom is 0.123 e. The van der Waals surface area contributed by atoms with Gasteiger partial charge in [0.25, 0.3) is 0 Å². The van der Waals surface area contributed by atoms with Gasteiger partial charge < -0.3 is 5.32 Å². The van der Waals surface area contributed by atoms with Crippen LogP contribution in [0.2, 0.25) is 0 Å². The topological polar surface area (TPSA) is 15.3 Å². The van der Waals surface area contributed by atoms with E-state index in [1.807, 2.05) is 6.07 Å². The Labute approximate surface area is 103 Å². The molecule has 0 bridgehead atoms. The standard InChI is InChI=1S/C14H21FN2/c1-2-14-11-16-7-9-17(14)8-6-12-4-3-5-13(15)10-12/h3-5,10,14,16H,2,6-9,11H2,1H3. The van der Waals surface area contributed by atoms with Crippen LogP contribution < -0.4 is 5.32 Å². The summed E-state index contributed by atoms with van der Waals surface area (Å²) in [5.41, 5.74) is 1.10. The van der Waals surface area contributed by atoms with E-state index in [1.54, 1.807) is 12.1 Å². The highest BCUT2D eigenvalue weighted by Crippen LogP contribution is 2.10. The largest absolute Gasteiger partial charge is 0.314 e. The Kier molecular flexibility index (Phi) is 4.51. The summed E-state index contributed by atoms with van der Waals surface area (Å²) in [5, 5.41) is 3.42. The first-order valence-corrected chi connectivity index (χ1v) is 6.49. The van der Waals surface area contributed by atoms with E-state index in [9.17, 15) is 4.39 Å². The third kappa shape index (κ3) is 3.51. The summed E-state index contributed by atoms with van der Waals surface area (Å²) >= 11 is 0. The molecule has 0 radical (unpaired) electrons. The average Bonchev–Trinajstić information content (AvgIpc) is 2.37. The van der Waals surface area contributed by atoms with E-state index in [-0.39, 0.29) is 5.82 Å². The zero-order valence-electron chi connectivity index (χ0n) is 10.5. The molecule has 1 heterocycles. The van der Waals surface area contributed by atoms with Crippen molar-refractivity contribution in [2.45, 2.75) is 25.8 Å². The van der Waals surface area contributed by atoms with Gasteiger partial charge in [0.15, 0.2) is 0 Å². The lowest BCUT2D eigenvalue weighted by molar-refractivity contribution is 0.159. The first kappa shape index (κ1) is 12.5. The molecule has 0 amide bonds. The van der Waals surface area contributed by atoms with Crippen molar-refractivity contribution in [2.75, 3.05) is 26.2 Å². The van der Waals surface area contributed by atoms with E-state index in [1.165, 1.54) is 12.5 Å². The van der Waals surface area contributed by atoms with Gasteiger partial charge in [-0.25, -0.2) is 4.39 Å². The molecule has 1 aromatic rings. The molecule has 3 heteroatoms. The van der Waals surface area contributed by atoms with Crippen molar-refractivity contribution in [3.05, 3.63) is 35.6 Å². The zero-order valence-corrected chi connectivity index (χ0v) is 10.5. The van der Waals surface area contributed by atoms with Gasteiger partial charge in [-0.3, -0.25) is 4.90 Å². The van der Waals surface area contributed by atoms with Crippen LogP contribution in [0.1, 0.15) is 18.9 Å². The first-order valence-electron chi connectivity index (χ1n) is 6.49. The normalized spacial score (nSPS) is 21.6. The zero-order chi connectivity index (χ0) is 12.1. The Morgan fingerprint density at radius 3 is 3.12 bits per heavy atom. The minimum atomic E-state index is -0.130. The quantitative estimate of drug-likeness (QED) is 0.860. The molecule has 2 nitrogen and oxygen atoms in total. The molecular formula is C14H21FN2. The Bertz CT molecular complexity index is 354. The van der Waals surface area contributed by atoms with Gasteiger partial charge in [-0.05, 0) is 30.5 Å². The highest BCUT2D eigenvalue weighted by Gasteiger charge is 2.19. The van der Waals surface area contributed by atoms with Crippen molar-refractivity contribution in [3.8, 4) is 0 Å². The van der Waals surface area contributed by atoms with Gasteiger partial charge in [0.1, 0.15) is 5.82 Å². The van der Waals surface area contributed by atoms with Crippen LogP contribution in [0.5, 0.6) is 0 Å². The van der Waals surface area contributed by atoms with E-state index in [2.05, 4.69) is 17.1 Å². The highest BCUT2D eigenvalue weighted by molar-refractivity contribution is 5.16. The lowest BCUT2D eigenvalue weighted by Crippen LogP contribution is -2.51. The number of halogens is 1. The minimum absolute atomic E-state index is 0.130. The molecule has 1 atom stereocenters. The third-order valence-electron chi connectivity index (χ3n) is 3.52. The van der Waals surface area contributed by atoms with E-state index in [4.69, 9.17) is 0 Å². The fourth-order valence-electron chi connectivity index (χ4n) is 2.47. The number of benzene rings is 1.